The van der Waals surface area contributed by atoms with Gasteiger partial charge in [0, 0.05) is 12.6 Å². The molecule has 0 aromatic heterocycles. The maximum absolute atomic E-state index is 12.4. The monoisotopic (exact) mass is 310 g/mol. The molecule has 23 heavy (non-hydrogen) atoms. The molecule has 2 aromatic carbocycles. The van der Waals surface area contributed by atoms with E-state index in [1.54, 1.807) is 24.3 Å². The first-order valence-electron chi connectivity index (χ1n) is 7.79. The molecule has 2 rings (SSSR count). The molecule has 0 saturated heterocycles. The van der Waals surface area contributed by atoms with E-state index in [-0.39, 0.29) is 11.8 Å². The van der Waals surface area contributed by atoms with E-state index in [2.05, 4.69) is 24.5 Å². The summed E-state index contributed by atoms with van der Waals surface area (Å²) in [6.45, 7) is 5.75. The normalized spacial score (nSPS) is 11.6. The number of nitrogens with one attached hydrogen (secondary N) is 2. The van der Waals surface area contributed by atoms with Crippen LogP contribution in [0.3, 0.4) is 0 Å². The number of hydrogen-bond donors (Lipinski definition) is 2. The molecule has 0 aliphatic rings. The van der Waals surface area contributed by atoms with E-state index < -0.39 is 0 Å². The Morgan fingerprint density at radius 3 is 2.26 bits per heavy atom. The summed E-state index contributed by atoms with van der Waals surface area (Å²) in [4.78, 5) is 23.7. The second kappa shape index (κ2) is 7.58. The van der Waals surface area contributed by atoms with E-state index in [0.717, 1.165) is 12.1 Å². The molecule has 1 atom stereocenters. The third kappa shape index (κ3) is 4.42. The van der Waals surface area contributed by atoms with Crippen LogP contribution in [0, 0.1) is 0 Å². The number of carbonyl (C=O) groups is 2. The number of para-hydroxylation sites is 1. The molecular weight excluding hydrogens is 288 g/mol. The zero-order valence-corrected chi connectivity index (χ0v) is 13.7. The van der Waals surface area contributed by atoms with Crippen molar-refractivity contribution in [3.63, 3.8) is 0 Å². The standard InChI is InChI=1S/C19H22N2O2/c1-4-13(2)15-9-11-16(12-10-15)21-19(23)17-7-5-6-8-18(17)20-14(3)22/h5-13H,4H2,1-3H3,(H,20,22)(H,21,23). The van der Waals surface area contributed by atoms with Crippen molar-refractivity contribution in [3.8, 4) is 0 Å². The van der Waals surface area contributed by atoms with Crippen molar-refractivity contribution < 1.29 is 9.59 Å². The lowest BCUT2D eigenvalue weighted by Crippen LogP contribution is -2.16. The summed E-state index contributed by atoms with van der Waals surface area (Å²) in [7, 11) is 0. The molecule has 0 heterocycles. The number of rotatable bonds is 5. The van der Waals surface area contributed by atoms with E-state index in [1.807, 2.05) is 24.3 Å². The van der Waals surface area contributed by atoms with Crippen molar-refractivity contribution in [2.24, 2.45) is 0 Å². The number of anilines is 2. The van der Waals surface area contributed by atoms with Crippen LogP contribution in [0.2, 0.25) is 0 Å². The van der Waals surface area contributed by atoms with Gasteiger partial charge in [-0.3, -0.25) is 9.59 Å². The first-order chi connectivity index (χ1) is 11.0. The van der Waals surface area contributed by atoms with Gasteiger partial charge < -0.3 is 10.6 Å². The average molecular weight is 310 g/mol. The molecule has 4 nitrogen and oxygen atoms in total. The second-order valence-electron chi connectivity index (χ2n) is 5.61. The van der Waals surface area contributed by atoms with Crippen LogP contribution in [0.15, 0.2) is 48.5 Å². The minimum atomic E-state index is -0.245. The van der Waals surface area contributed by atoms with Gasteiger partial charge in [0.05, 0.1) is 11.3 Å². The molecule has 0 bridgehead atoms. The van der Waals surface area contributed by atoms with Gasteiger partial charge in [-0.25, -0.2) is 0 Å². The number of benzene rings is 2. The molecule has 2 N–H and O–H groups in total. The average Bonchev–Trinajstić information content (AvgIpc) is 2.54. The predicted molar refractivity (Wildman–Crippen MR) is 93.8 cm³/mol. The van der Waals surface area contributed by atoms with E-state index in [1.165, 1.54) is 12.5 Å². The Morgan fingerprint density at radius 2 is 1.65 bits per heavy atom. The fourth-order valence-electron chi connectivity index (χ4n) is 2.31. The van der Waals surface area contributed by atoms with Crippen LogP contribution in [-0.4, -0.2) is 11.8 Å². The fourth-order valence-corrected chi connectivity index (χ4v) is 2.31. The molecule has 0 aliphatic heterocycles. The summed E-state index contributed by atoms with van der Waals surface area (Å²) < 4.78 is 0. The third-order valence-electron chi connectivity index (χ3n) is 3.83. The van der Waals surface area contributed by atoms with E-state index in [0.29, 0.717) is 17.2 Å². The number of amides is 2. The van der Waals surface area contributed by atoms with Crippen molar-refractivity contribution in [2.45, 2.75) is 33.1 Å². The summed E-state index contributed by atoms with van der Waals surface area (Å²) in [5.41, 5.74) is 2.94. The topological polar surface area (TPSA) is 58.2 Å². The molecular formula is C19H22N2O2. The van der Waals surface area contributed by atoms with Crippen LogP contribution in [0.4, 0.5) is 11.4 Å². The van der Waals surface area contributed by atoms with Gasteiger partial charge in [-0.1, -0.05) is 38.1 Å². The highest BCUT2D eigenvalue weighted by molar-refractivity contribution is 6.09. The van der Waals surface area contributed by atoms with Gasteiger partial charge in [-0.2, -0.15) is 0 Å². The molecule has 0 radical (unpaired) electrons. The Hall–Kier alpha value is -2.62. The lowest BCUT2D eigenvalue weighted by atomic mass is 9.98. The maximum Gasteiger partial charge on any atom is 0.257 e. The highest BCUT2D eigenvalue weighted by atomic mass is 16.2. The SMILES string of the molecule is CCC(C)c1ccc(NC(=O)c2ccccc2NC(C)=O)cc1. The summed E-state index contributed by atoms with van der Waals surface area (Å²) >= 11 is 0. The first kappa shape index (κ1) is 16.7. The quantitative estimate of drug-likeness (QED) is 0.859. The van der Waals surface area contributed by atoms with Gasteiger partial charge in [0.25, 0.3) is 5.91 Å². The van der Waals surface area contributed by atoms with Crippen LogP contribution >= 0.6 is 0 Å². The molecule has 2 amide bonds. The van der Waals surface area contributed by atoms with Crippen LogP contribution in [0.1, 0.15) is 49.0 Å². The molecule has 0 spiro atoms. The Kier molecular flexibility index (Phi) is 5.52. The van der Waals surface area contributed by atoms with Crippen LogP contribution in [-0.2, 0) is 4.79 Å². The van der Waals surface area contributed by atoms with Crippen LogP contribution in [0.25, 0.3) is 0 Å². The molecule has 2 aromatic rings. The molecule has 4 heteroatoms. The van der Waals surface area contributed by atoms with Crippen molar-refractivity contribution in [2.75, 3.05) is 10.6 Å². The van der Waals surface area contributed by atoms with Crippen molar-refractivity contribution >= 4 is 23.2 Å². The van der Waals surface area contributed by atoms with Gasteiger partial charge in [0.15, 0.2) is 0 Å². The lowest BCUT2D eigenvalue weighted by Gasteiger charge is -2.12. The van der Waals surface area contributed by atoms with Crippen molar-refractivity contribution in [3.05, 3.63) is 59.7 Å². The fraction of sp³-hybridized carbons (Fsp3) is 0.263. The molecule has 120 valence electrons. The van der Waals surface area contributed by atoms with E-state index >= 15 is 0 Å². The van der Waals surface area contributed by atoms with Crippen molar-refractivity contribution in [1.29, 1.82) is 0 Å². The predicted octanol–water partition coefficient (Wildman–Crippen LogP) is 4.41. The third-order valence-corrected chi connectivity index (χ3v) is 3.83. The number of carbonyl (C=O) groups excluding carboxylic acids is 2. The summed E-state index contributed by atoms with van der Waals surface area (Å²) in [5.74, 6) is 0.0500. The maximum atomic E-state index is 12.4. The zero-order chi connectivity index (χ0) is 16.8. The Balaban J connectivity index is 2.14. The highest BCUT2D eigenvalue weighted by Gasteiger charge is 2.12. The lowest BCUT2D eigenvalue weighted by molar-refractivity contribution is -0.114. The van der Waals surface area contributed by atoms with Crippen LogP contribution < -0.4 is 10.6 Å². The Labute approximate surface area is 136 Å². The second-order valence-corrected chi connectivity index (χ2v) is 5.61. The largest absolute Gasteiger partial charge is 0.326 e. The van der Waals surface area contributed by atoms with Gasteiger partial charge in [0.2, 0.25) is 5.91 Å². The van der Waals surface area contributed by atoms with Crippen LogP contribution in [0.5, 0.6) is 0 Å². The summed E-state index contributed by atoms with van der Waals surface area (Å²) in [6.07, 6.45) is 1.08. The number of hydrogen-bond acceptors (Lipinski definition) is 2. The summed E-state index contributed by atoms with van der Waals surface area (Å²) in [5, 5.41) is 5.54. The van der Waals surface area contributed by atoms with Gasteiger partial charge >= 0.3 is 0 Å². The molecule has 0 fully saturated rings. The smallest absolute Gasteiger partial charge is 0.257 e. The Bertz CT molecular complexity index is 693. The van der Waals surface area contributed by atoms with E-state index in [9.17, 15) is 9.59 Å². The van der Waals surface area contributed by atoms with E-state index in [4.69, 9.17) is 0 Å². The molecule has 1 unspecified atom stereocenters. The van der Waals surface area contributed by atoms with Gasteiger partial charge in [-0.05, 0) is 42.2 Å². The van der Waals surface area contributed by atoms with Crippen molar-refractivity contribution in [1.82, 2.24) is 0 Å². The first-order valence-corrected chi connectivity index (χ1v) is 7.79. The minimum absolute atomic E-state index is 0.205. The molecule has 0 aliphatic carbocycles. The molecule has 0 saturated carbocycles. The zero-order valence-electron chi connectivity index (χ0n) is 13.7. The van der Waals surface area contributed by atoms with Gasteiger partial charge in [0.1, 0.15) is 0 Å². The Morgan fingerprint density at radius 1 is 1.00 bits per heavy atom. The summed E-state index contributed by atoms with van der Waals surface area (Å²) in [6, 6.07) is 14.8. The van der Waals surface area contributed by atoms with Gasteiger partial charge in [-0.15, -0.1) is 0 Å². The highest BCUT2D eigenvalue weighted by Crippen LogP contribution is 2.22. The minimum Gasteiger partial charge on any atom is -0.326 e.